The summed E-state index contributed by atoms with van der Waals surface area (Å²) in [6.45, 7) is 1.65. The monoisotopic (exact) mass is 166 g/mol. The quantitative estimate of drug-likeness (QED) is 0.708. The molecule has 4 heteroatoms. The van der Waals surface area contributed by atoms with E-state index in [2.05, 4.69) is 10.3 Å². The van der Waals surface area contributed by atoms with Gasteiger partial charge < -0.3 is 5.73 Å². The molecule has 66 valence electrons. The molecule has 1 aromatic rings. The molecular weight excluding hydrogens is 152 g/mol. The topological polar surface area (TPSA) is 56.7 Å². The molecule has 0 radical (unpaired) electrons. The van der Waals surface area contributed by atoms with Crippen LogP contribution in [0.15, 0.2) is 6.20 Å². The van der Waals surface area contributed by atoms with E-state index in [-0.39, 0.29) is 0 Å². The highest BCUT2D eigenvalue weighted by Crippen LogP contribution is 2.39. The van der Waals surface area contributed by atoms with Crippen molar-refractivity contribution < 1.29 is 0 Å². The summed E-state index contributed by atoms with van der Waals surface area (Å²) >= 11 is 0. The molecule has 1 aliphatic carbocycles. The first-order valence-corrected chi connectivity index (χ1v) is 4.50. The molecule has 1 saturated carbocycles. The van der Waals surface area contributed by atoms with E-state index in [9.17, 15) is 0 Å². The van der Waals surface area contributed by atoms with Gasteiger partial charge >= 0.3 is 0 Å². The van der Waals surface area contributed by atoms with E-state index in [1.165, 1.54) is 18.5 Å². The zero-order valence-corrected chi connectivity index (χ0v) is 7.11. The van der Waals surface area contributed by atoms with E-state index in [1.807, 2.05) is 10.9 Å². The molecule has 12 heavy (non-hydrogen) atoms. The summed E-state index contributed by atoms with van der Waals surface area (Å²) in [5, 5.41) is 7.93. The minimum atomic E-state index is 0.726. The minimum absolute atomic E-state index is 0.726. The molecule has 1 heterocycles. The van der Waals surface area contributed by atoms with E-state index >= 15 is 0 Å². The Hall–Kier alpha value is -0.900. The first-order chi connectivity index (χ1) is 5.92. The van der Waals surface area contributed by atoms with Crippen LogP contribution < -0.4 is 5.73 Å². The van der Waals surface area contributed by atoms with E-state index in [0.717, 1.165) is 25.4 Å². The molecule has 4 nitrogen and oxygen atoms in total. The molecular formula is C8H14N4. The van der Waals surface area contributed by atoms with Crippen molar-refractivity contribution in [1.82, 2.24) is 15.0 Å². The molecule has 0 spiro atoms. The van der Waals surface area contributed by atoms with Crippen LogP contribution in [0.3, 0.4) is 0 Å². The lowest BCUT2D eigenvalue weighted by atomic mass is 10.3. The molecule has 2 N–H and O–H groups in total. The second-order valence-corrected chi connectivity index (χ2v) is 3.30. The Kier molecular flexibility index (Phi) is 2.08. The third kappa shape index (κ3) is 1.48. The number of nitrogens with zero attached hydrogens (tertiary/aromatic N) is 3. The summed E-state index contributed by atoms with van der Waals surface area (Å²) in [7, 11) is 0. The van der Waals surface area contributed by atoms with E-state index in [0.29, 0.717) is 0 Å². The normalized spacial score (nSPS) is 16.8. The summed E-state index contributed by atoms with van der Waals surface area (Å²) < 4.78 is 1.99. The lowest BCUT2D eigenvalue weighted by molar-refractivity contribution is 0.543. The van der Waals surface area contributed by atoms with Gasteiger partial charge in [-0.05, 0) is 25.8 Å². The van der Waals surface area contributed by atoms with Crippen LogP contribution >= 0.6 is 0 Å². The molecule has 0 saturated heterocycles. The SMILES string of the molecule is NCCCn1nncc1C1CC1. The maximum absolute atomic E-state index is 5.43. The molecule has 0 aromatic carbocycles. The smallest absolute Gasteiger partial charge is 0.0728 e. The average molecular weight is 166 g/mol. The van der Waals surface area contributed by atoms with Crippen molar-refractivity contribution in [3.8, 4) is 0 Å². The molecule has 1 aromatic heterocycles. The molecule has 0 amide bonds. The Morgan fingerprint density at radius 3 is 3.08 bits per heavy atom. The third-order valence-corrected chi connectivity index (χ3v) is 2.22. The summed E-state index contributed by atoms with van der Waals surface area (Å²) in [4.78, 5) is 0. The highest BCUT2D eigenvalue weighted by molar-refractivity contribution is 5.10. The Labute approximate surface area is 71.8 Å². The van der Waals surface area contributed by atoms with Gasteiger partial charge in [0.15, 0.2) is 0 Å². The fourth-order valence-corrected chi connectivity index (χ4v) is 1.38. The second kappa shape index (κ2) is 3.23. The van der Waals surface area contributed by atoms with Crippen molar-refractivity contribution in [3.63, 3.8) is 0 Å². The van der Waals surface area contributed by atoms with Gasteiger partial charge in [-0.25, -0.2) is 4.68 Å². The first kappa shape index (κ1) is 7.73. The zero-order valence-electron chi connectivity index (χ0n) is 7.11. The van der Waals surface area contributed by atoms with Crippen LogP contribution in [-0.2, 0) is 6.54 Å². The van der Waals surface area contributed by atoms with Gasteiger partial charge in [0.25, 0.3) is 0 Å². The number of hydrogen-bond acceptors (Lipinski definition) is 3. The number of hydrogen-bond donors (Lipinski definition) is 1. The summed E-state index contributed by atoms with van der Waals surface area (Å²) in [6, 6.07) is 0. The van der Waals surface area contributed by atoms with Crippen molar-refractivity contribution in [2.45, 2.75) is 31.7 Å². The highest BCUT2D eigenvalue weighted by atomic mass is 15.4. The van der Waals surface area contributed by atoms with Gasteiger partial charge in [-0.3, -0.25) is 0 Å². The Bertz CT molecular complexity index is 251. The van der Waals surface area contributed by atoms with Crippen LogP contribution in [0.25, 0.3) is 0 Å². The van der Waals surface area contributed by atoms with Crippen molar-refractivity contribution in [2.24, 2.45) is 5.73 Å². The van der Waals surface area contributed by atoms with Gasteiger partial charge in [-0.1, -0.05) is 5.21 Å². The van der Waals surface area contributed by atoms with E-state index in [1.54, 1.807) is 0 Å². The van der Waals surface area contributed by atoms with Gasteiger partial charge in [0, 0.05) is 12.5 Å². The number of aromatic nitrogens is 3. The standard InChI is InChI=1S/C8H14N4/c9-4-1-5-12-8(6-10-11-12)7-2-3-7/h6-7H,1-5,9H2. The molecule has 0 atom stereocenters. The maximum atomic E-state index is 5.43. The zero-order chi connectivity index (χ0) is 8.39. The number of rotatable bonds is 4. The average Bonchev–Trinajstić information content (AvgIpc) is 2.83. The molecule has 1 fully saturated rings. The molecule has 0 aliphatic heterocycles. The maximum Gasteiger partial charge on any atom is 0.0728 e. The second-order valence-electron chi connectivity index (χ2n) is 3.30. The highest BCUT2D eigenvalue weighted by Gasteiger charge is 2.27. The number of aryl methyl sites for hydroxylation is 1. The third-order valence-electron chi connectivity index (χ3n) is 2.22. The molecule has 1 aliphatic rings. The lowest BCUT2D eigenvalue weighted by Gasteiger charge is -2.02. The number of nitrogens with two attached hydrogens (primary N) is 1. The first-order valence-electron chi connectivity index (χ1n) is 4.50. The van der Waals surface area contributed by atoms with E-state index in [4.69, 9.17) is 5.73 Å². The largest absolute Gasteiger partial charge is 0.330 e. The van der Waals surface area contributed by atoms with Crippen LogP contribution in [0.2, 0.25) is 0 Å². The van der Waals surface area contributed by atoms with Crippen LogP contribution in [0, 0.1) is 0 Å². The molecule has 2 rings (SSSR count). The summed E-state index contributed by atoms with van der Waals surface area (Å²) in [5.41, 5.74) is 6.72. The predicted molar refractivity (Wildman–Crippen MR) is 45.7 cm³/mol. The van der Waals surface area contributed by atoms with Crippen molar-refractivity contribution in [1.29, 1.82) is 0 Å². The van der Waals surface area contributed by atoms with Gasteiger partial charge in [-0.15, -0.1) is 5.10 Å². The van der Waals surface area contributed by atoms with Crippen molar-refractivity contribution >= 4 is 0 Å². The van der Waals surface area contributed by atoms with Crippen LogP contribution in [-0.4, -0.2) is 21.5 Å². The van der Waals surface area contributed by atoms with Gasteiger partial charge in [0.1, 0.15) is 0 Å². The summed E-state index contributed by atoms with van der Waals surface area (Å²) in [6.07, 6.45) is 5.48. The van der Waals surface area contributed by atoms with Gasteiger partial charge in [-0.2, -0.15) is 0 Å². The Balaban J connectivity index is 2.03. The van der Waals surface area contributed by atoms with Crippen LogP contribution in [0.1, 0.15) is 30.9 Å². The minimum Gasteiger partial charge on any atom is -0.330 e. The van der Waals surface area contributed by atoms with Gasteiger partial charge in [0.05, 0.1) is 11.9 Å². The van der Waals surface area contributed by atoms with Gasteiger partial charge in [0.2, 0.25) is 0 Å². The van der Waals surface area contributed by atoms with E-state index < -0.39 is 0 Å². The lowest BCUT2D eigenvalue weighted by Crippen LogP contribution is -2.09. The van der Waals surface area contributed by atoms with Crippen LogP contribution in [0.5, 0.6) is 0 Å². The summed E-state index contributed by atoms with van der Waals surface area (Å²) in [5.74, 6) is 0.734. The Morgan fingerprint density at radius 2 is 2.42 bits per heavy atom. The fraction of sp³-hybridized carbons (Fsp3) is 0.750. The Morgan fingerprint density at radius 1 is 1.58 bits per heavy atom. The van der Waals surface area contributed by atoms with Crippen molar-refractivity contribution in [2.75, 3.05) is 6.54 Å². The fourth-order valence-electron chi connectivity index (χ4n) is 1.38. The predicted octanol–water partition coefficient (Wildman–Crippen LogP) is 0.504. The van der Waals surface area contributed by atoms with Crippen molar-refractivity contribution in [3.05, 3.63) is 11.9 Å². The van der Waals surface area contributed by atoms with Crippen LogP contribution in [0.4, 0.5) is 0 Å². The molecule has 0 bridgehead atoms. The molecule has 0 unspecified atom stereocenters.